The Hall–Kier alpha value is -2.47. The molecule has 3 heterocycles. The zero-order valence-electron chi connectivity index (χ0n) is 13.1. The minimum Gasteiger partial charge on any atom is -0.481 e. The maximum absolute atomic E-state index is 11.4. The Kier molecular flexibility index (Phi) is 3.90. The molecule has 6 heteroatoms. The Bertz CT molecular complexity index is 879. The zero-order chi connectivity index (χ0) is 16.5. The first kappa shape index (κ1) is 15.1. The van der Waals surface area contributed by atoms with E-state index in [1.54, 1.807) is 11.3 Å². The molecule has 0 spiro atoms. The predicted molar refractivity (Wildman–Crippen MR) is 95.4 cm³/mol. The van der Waals surface area contributed by atoms with Gasteiger partial charge in [0.05, 0.1) is 11.4 Å². The molecule has 1 aromatic carbocycles. The molecule has 1 N–H and O–H groups in total. The van der Waals surface area contributed by atoms with Crippen LogP contribution < -0.4 is 4.90 Å². The van der Waals surface area contributed by atoms with Gasteiger partial charge in [-0.25, -0.2) is 9.97 Å². The van der Waals surface area contributed by atoms with Crippen molar-refractivity contribution in [2.45, 2.75) is 12.8 Å². The number of carboxylic acid groups (broad SMARTS) is 1. The Morgan fingerprint density at radius 3 is 2.92 bits per heavy atom. The van der Waals surface area contributed by atoms with Crippen molar-refractivity contribution in [3.05, 3.63) is 41.1 Å². The van der Waals surface area contributed by atoms with Crippen molar-refractivity contribution in [2.75, 3.05) is 18.0 Å². The maximum atomic E-state index is 11.4. The number of hydrogen-bond acceptors (Lipinski definition) is 5. The predicted octanol–water partition coefficient (Wildman–Crippen LogP) is 3.66. The number of aromatic nitrogens is 2. The van der Waals surface area contributed by atoms with Crippen LogP contribution in [0.5, 0.6) is 0 Å². The molecule has 0 radical (unpaired) electrons. The highest BCUT2D eigenvalue weighted by molar-refractivity contribution is 7.08. The number of rotatable bonds is 3. The summed E-state index contributed by atoms with van der Waals surface area (Å²) in [5, 5.41) is 14.4. The number of fused-ring (bicyclic) bond motifs is 1. The lowest BCUT2D eigenvalue weighted by Crippen LogP contribution is -2.39. The quantitative estimate of drug-likeness (QED) is 0.789. The van der Waals surface area contributed by atoms with E-state index in [4.69, 9.17) is 4.98 Å². The highest BCUT2D eigenvalue weighted by Gasteiger charge is 2.27. The normalized spacial score (nSPS) is 18.0. The first-order chi connectivity index (χ1) is 11.7. The van der Waals surface area contributed by atoms with Crippen LogP contribution in [0, 0.1) is 5.92 Å². The van der Waals surface area contributed by atoms with Crippen molar-refractivity contribution >= 4 is 34.0 Å². The number of nitrogens with zero attached hydrogens (tertiary/aromatic N) is 3. The third-order valence-corrected chi connectivity index (χ3v) is 5.12. The summed E-state index contributed by atoms with van der Waals surface area (Å²) in [6.07, 6.45) is 1.59. The number of carbonyl (C=O) groups is 1. The molecule has 1 saturated heterocycles. The molecule has 2 aromatic heterocycles. The van der Waals surface area contributed by atoms with Gasteiger partial charge >= 0.3 is 5.97 Å². The smallest absolute Gasteiger partial charge is 0.308 e. The molecule has 3 aromatic rings. The molecule has 1 unspecified atom stereocenters. The second-order valence-electron chi connectivity index (χ2n) is 6.02. The standard InChI is InChI=1S/C18H17N3O2S/c22-18(23)12-4-3-8-21(10-12)17-14-5-1-2-6-15(14)19-16(20-17)13-7-9-24-11-13/h1-2,5-7,9,11-12H,3-4,8,10H2,(H,22,23). The van der Waals surface area contributed by atoms with Gasteiger partial charge in [0.2, 0.25) is 0 Å². The van der Waals surface area contributed by atoms with Gasteiger partial charge in [-0.15, -0.1) is 0 Å². The van der Waals surface area contributed by atoms with Crippen molar-refractivity contribution in [1.82, 2.24) is 9.97 Å². The van der Waals surface area contributed by atoms with Crippen molar-refractivity contribution < 1.29 is 9.90 Å². The fourth-order valence-electron chi connectivity index (χ4n) is 3.19. The second-order valence-corrected chi connectivity index (χ2v) is 6.80. The fourth-order valence-corrected chi connectivity index (χ4v) is 3.83. The Morgan fingerprint density at radius 1 is 1.25 bits per heavy atom. The van der Waals surface area contributed by atoms with Gasteiger partial charge < -0.3 is 10.0 Å². The molecule has 0 saturated carbocycles. The number of carboxylic acids is 1. The van der Waals surface area contributed by atoms with Crippen molar-refractivity contribution in [3.63, 3.8) is 0 Å². The number of anilines is 1. The van der Waals surface area contributed by atoms with Crippen LogP contribution in [-0.4, -0.2) is 34.1 Å². The van der Waals surface area contributed by atoms with Crippen molar-refractivity contribution in [1.29, 1.82) is 0 Å². The lowest BCUT2D eigenvalue weighted by atomic mass is 9.98. The first-order valence-corrected chi connectivity index (χ1v) is 8.94. The largest absolute Gasteiger partial charge is 0.481 e. The monoisotopic (exact) mass is 339 g/mol. The maximum Gasteiger partial charge on any atom is 0.308 e. The molecule has 1 atom stereocenters. The van der Waals surface area contributed by atoms with E-state index in [1.165, 1.54) is 0 Å². The third kappa shape index (κ3) is 2.73. The van der Waals surface area contributed by atoms with Gasteiger partial charge in [0.1, 0.15) is 5.82 Å². The summed E-state index contributed by atoms with van der Waals surface area (Å²) >= 11 is 1.61. The Balaban J connectivity index is 1.82. The average Bonchev–Trinajstić information content (AvgIpc) is 3.15. The second kappa shape index (κ2) is 6.20. The van der Waals surface area contributed by atoms with Gasteiger partial charge in [-0.2, -0.15) is 11.3 Å². The van der Waals surface area contributed by atoms with Crippen LogP contribution in [-0.2, 0) is 4.79 Å². The fraction of sp³-hybridized carbons (Fsp3) is 0.278. The molecule has 0 bridgehead atoms. The Morgan fingerprint density at radius 2 is 2.12 bits per heavy atom. The lowest BCUT2D eigenvalue weighted by Gasteiger charge is -2.32. The topological polar surface area (TPSA) is 66.3 Å². The van der Waals surface area contributed by atoms with Gasteiger partial charge in [-0.05, 0) is 36.4 Å². The highest BCUT2D eigenvalue weighted by atomic mass is 32.1. The highest BCUT2D eigenvalue weighted by Crippen LogP contribution is 2.31. The number of aliphatic carboxylic acids is 1. The minimum absolute atomic E-state index is 0.336. The molecular formula is C18H17N3O2S. The van der Waals surface area contributed by atoms with Crippen LogP contribution in [0.1, 0.15) is 12.8 Å². The lowest BCUT2D eigenvalue weighted by molar-refractivity contribution is -0.141. The molecule has 122 valence electrons. The minimum atomic E-state index is -0.726. The summed E-state index contributed by atoms with van der Waals surface area (Å²) in [5.41, 5.74) is 1.89. The molecule has 24 heavy (non-hydrogen) atoms. The van der Waals surface area contributed by atoms with E-state index in [0.717, 1.165) is 41.7 Å². The number of para-hydroxylation sites is 1. The van der Waals surface area contributed by atoms with Crippen LogP contribution >= 0.6 is 11.3 Å². The number of benzene rings is 1. The SMILES string of the molecule is O=C(O)C1CCCN(c2nc(-c3ccsc3)nc3ccccc23)C1. The van der Waals surface area contributed by atoms with Gasteiger partial charge in [0.15, 0.2) is 5.82 Å². The molecule has 1 fully saturated rings. The van der Waals surface area contributed by atoms with Crippen LogP contribution in [0.15, 0.2) is 41.1 Å². The van der Waals surface area contributed by atoms with E-state index in [1.807, 2.05) is 41.1 Å². The average molecular weight is 339 g/mol. The van der Waals surface area contributed by atoms with E-state index in [0.29, 0.717) is 12.4 Å². The summed E-state index contributed by atoms with van der Waals surface area (Å²) in [5.74, 6) is 0.475. The van der Waals surface area contributed by atoms with Crippen molar-refractivity contribution in [2.24, 2.45) is 5.92 Å². The molecular weight excluding hydrogens is 322 g/mol. The summed E-state index contributed by atoms with van der Waals surface area (Å²) in [6, 6.07) is 9.93. The van der Waals surface area contributed by atoms with Gasteiger partial charge in [0.25, 0.3) is 0 Å². The molecule has 1 aliphatic rings. The van der Waals surface area contributed by atoms with Crippen molar-refractivity contribution in [3.8, 4) is 11.4 Å². The van der Waals surface area contributed by atoms with Crippen LogP contribution in [0.2, 0.25) is 0 Å². The molecule has 5 nitrogen and oxygen atoms in total. The number of thiophene rings is 1. The molecule has 0 aliphatic carbocycles. The first-order valence-electron chi connectivity index (χ1n) is 7.99. The van der Waals surface area contributed by atoms with Crippen LogP contribution in [0.25, 0.3) is 22.3 Å². The molecule has 1 aliphatic heterocycles. The van der Waals surface area contributed by atoms with Crippen LogP contribution in [0.3, 0.4) is 0 Å². The van der Waals surface area contributed by atoms with E-state index in [9.17, 15) is 9.90 Å². The summed E-state index contributed by atoms with van der Waals surface area (Å²) in [6.45, 7) is 1.33. The van der Waals surface area contributed by atoms with E-state index in [-0.39, 0.29) is 5.92 Å². The van der Waals surface area contributed by atoms with E-state index in [2.05, 4.69) is 9.88 Å². The summed E-state index contributed by atoms with van der Waals surface area (Å²) < 4.78 is 0. The van der Waals surface area contributed by atoms with E-state index < -0.39 is 5.97 Å². The van der Waals surface area contributed by atoms with Gasteiger partial charge in [-0.3, -0.25) is 4.79 Å². The van der Waals surface area contributed by atoms with Gasteiger partial charge in [-0.1, -0.05) is 12.1 Å². The number of piperidine rings is 1. The summed E-state index contributed by atoms with van der Waals surface area (Å²) in [7, 11) is 0. The van der Waals surface area contributed by atoms with Gasteiger partial charge in [0, 0.05) is 29.4 Å². The van der Waals surface area contributed by atoms with Crippen LogP contribution in [0.4, 0.5) is 5.82 Å². The summed E-state index contributed by atoms with van der Waals surface area (Å²) in [4.78, 5) is 23.0. The molecule has 0 amide bonds. The molecule has 4 rings (SSSR count). The van der Waals surface area contributed by atoms with E-state index >= 15 is 0 Å². The zero-order valence-corrected chi connectivity index (χ0v) is 13.9. The third-order valence-electron chi connectivity index (χ3n) is 4.43. The Labute approximate surface area is 143 Å². The number of hydrogen-bond donors (Lipinski definition) is 1.